The van der Waals surface area contributed by atoms with Gasteiger partial charge in [0.25, 0.3) is 10.1 Å². The third-order valence-corrected chi connectivity index (χ3v) is 6.29. The van der Waals surface area contributed by atoms with E-state index in [2.05, 4.69) is 0 Å². The molecule has 8 nitrogen and oxygen atoms in total. The number of aryl methyl sites for hydroxylation is 1. The third kappa shape index (κ3) is 4.18. The Kier molecular flexibility index (Phi) is 6.01. The van der Waals surface area contributed by atoms with Gasteiger partial charge in [0, 0.05) is 12.7 Å². The zero-order chi connectivity index (χ0) is 21.3. The number of rotatable bonds is 5. The lowest BCUT2D eigenvalue weighted by atomic mass is 9.99. The molecule has 0 saturated carbocycles. The first kappa shape index (κ1) is 21.1. The first-order valence-electron chi connectivity index (χ1n) is 9.43. The molecule has 0 bridgehead atoms. The van der Waals surface area contributed by atoms with Crippen molar-refractivity contribution in [3.63, 3.8) is 0 Å². The van der Waals surface area contributed by atoms with Crippen LogP contribution in [0.25, 0.3) is 0 Å². The molecule has 0 spiro atoms. The van der Waals surface area contributed by atoms with Gasteiger partial charge in [0.2, 0.25) is 0 Å². The summed E-state index contributed by atoms with van der Waals surface area (Å²) in [6.07, 6.45) is -5.26. The van der Waals surface area contributed by atoms with Gasteiger partial charge in [-0.3, -0.25) is 4.79 Å². The molecule has 2 aromatic carbocycles. The van der Waals surface area contributed by atoms with E-state index in [9.17, 15) is 13.2 Å². The van der Waals surface area contributed by atoms with Crippen LogP contribution in [0.2, 0.25) is 0 Å². The van der Waals surface area contributed by atoms with Crippen molar-refractivity contribution in [3.8, 4) is 0 Å². The van der Waals surface area contributed by atoms with E-state index in [1.165, 1.54) is 19.2 Å². The summed E-state index contributed by atoms with van der Waals surface area (Å²) in [6, 6.07) is 15.3. The minimum atomic E-state index is -4.22. The summed E-state index contributed by atoms with van der Waals surface area (Å²) in [5, 5.41) is 0. The van der Waals surface area contributed by atoms with Gasteiger partial charge in [0.05, 0.1) is 11.5 Å². The number of ether oxygens (including phenoxy) is 4. The Bertz CT molecular complexity index is 989. The van der Waals surface area contributed by atoms with Crippen LogP contribution in [0.3, 0.4) is 0 Å². The molecule has 2 aromatic rings. The maximum atomic E-state index is 13.1. The zero-order valence-electron chi connectivity index (χ0n) is 16.5. The Morgan fingerprint density at radius 3 is 2.37 bits per heavy atom. The van der Waals surface area contributed by atoms with Crippen LogP contribution in [0.15, 0.2) is 59.5 Å². The van der Waals surface area contributed by atoms with Crippen LogP contribution in [0.5, 0.6) is 0 Å². The number of hydrogen-bond acceptors (Lipinski definition) is 8. The molecule has 0 amide bonds. The third-order valence-electron chi connectivity index (χ3n) is 4.98. The molecule has 160 valence electrons. The summed E-state index contributed by atoms with van der Waals surface area (Å²) < 4.78 is 53.1. The molecule has 0 radical (unpaired) electrons. The molecule has 0 N–H and O–H groups in total. The van der Waals surface area contributed by atoms with Crippen molar-refractivity contribution in [1.29, 1.82) is 0 Å². The summed E-state index contributed by atoms with van der Waals surface area (Å²) in [7, 11) is -2.91. The molecule has 0 aliphatic carbocycles. The molecule has 2 saturated heterocycles. The highest BCUT2D eigenvalue weighted by Gasteiger charge is 2.51. The number of carbonyl (C=O) groups is 1. The number of hydrogen-bond donors (Lipinski definition) is 0. The predicted molar refractivity (Wildman–Crippen MR) is 104 cm³/mol. The molecule has 1 unspecified atom stereocenters. The Morgan fingerprint density at radius 1 is 1.00 bits per heavy atom. The van der Waals surface area contributed by atoms with Crippen molar-refractivity contribution in [2.45, 2.75) is 42.7 Å². The van der Waals surface area contributed by atoms with E-state index >= 15 is 0 Å². The fourth-order valence-electron chi connectivity index (χ4n) is 3.38. The van der Waals surface area contributed by atoms with Crippen LogP contribution >= 0.6 is 0 Å². The van der Waals surface area contributed by atoms with Gasteiger partial charge >= 0.3 is 0 Å². The number of ketones is 1. The second-order valence-electron chi connectivity index (χ2n) is 7.10. The number of benzene rings is 2. The second-order valence-corrected chi connectivity index (χ2v) is 8.67. The second kappa shape index (κ2) is 8.54. The zero-order valence-corrected chi connectivity index (χ0v) is 17.3. The van der Waals surface area contributed by atoms with Gasteiger partial charge in [-0.15, -0.1) is 0 Å². The van der Waals surface area contributed by atoms with Gasteiger partial charge in [0.15, 0.2) is 30.6 Å². The molecule has 0 aromatic heterocycles. The topological polar surface area (TPSA) is 97.4 Å². The monoisotopic (exact) mass is 434 g/mol. The molecular weight excluding hydrogens is 412 g/mol. The van der Waals surface area contributed by atoms with Crippen molar-refractivity contribution in [2.24, 2.45) is 0 Å². The fraction of sp³-hybridized carbons (Fsp3) is 0.381. The maximum absolute atomic E-state index is 13.1. The Hall–Kier alpha value is -2.14. The first-order chi connectivity index (χ1) is 14.4. The minimum Gasteiger partial charge on any atom is -0.353 e. The molecular formula is C21H22O8S. The molecule has 2 aliphatic heterocycles. The summed E-state index contributed by atoms with van der Waals surface area (Å²) in [6.45, 7) is 1.93. The van der Waals surface area contributed by atoms with Crippen LogP contribution in [0.4, 0.5) is 0 Å². The first-order valence-corrected chi connectivity index (χ1v) is 10.8. The van der Waals surface area contributed by atoms with E-state index < -0.39 is 46.8 Å². The van der Waals surface area contributed by atoms with Crippen LogP contribution in [-0.4, -0.2) is 52.5 Å². The van der Waals surface area contributed by atoms with Gasteiger partial charge in [-0.2, -0.15) is 8.42 Å². The molecule has 5 atom stereocenters. The Balaban J connectivity index is 1.56. The standard InChI is InChI=1S/C21H22O8S/c1-13-8-10-15(11-9-13)30(23,24)29-19-17(22)18-16(27-21(19)25-2)12-26-20(28-18)14-6-4-3-5-7-14/h3-11,16,18-21H,12H2,1-2H3/t16-,18-,19-,20?,21+/m1/s1. The minimum absolute atomic E-state index is 0.0621. The van der Waals surface area contributed by atoms with Gasteiger partial charge in [0.1, 0.15) is 6.10 Å². The van der Waals surface area contributed by atoms with Crippen molar-refractivity contribution < 1.29 is 36.3 Å². The highest BCUT2D eigenvalue weighted by Crippen LogP contribution is 2.34. The average molecular weight is 434 g/mol. The van der Waals surface area contributed by atoms with Gasteiger partial charge in [-0.1, -0.05) is 48.0 Å². The smallest absolute Gasteiger partial charge is 0.297 e. The fourth-order valence-corrected chi connectivity index (χ4v) is 4.42. The quantitative estimate of drug-likeness (QED) is 0.660. The Labute approximate surface area is 174 Å². The molecule has 2 aliphatic rings. The average Bonchev–Trinajstić information content (AvgIpc) is 2.76. The molecule has 2 heterocycles. The normalized spacial score (nSPS) is 29.4. The predicted octanol–water partition coefficient (Wildman–Crippen LogP) is 2.12. The van der Waals surface area contributed by atoms with Crippen LogP contribution in [-0.2, 0) is 38.0 Å². The van der Waals surface area contributed by atoms with E-state index in [1.54, 1.807) is 12.1 Å². The van der Waals surface area contributed by atoms with Gasteiger partial charge in [-0.05, 0) is 19.1 Å². The Morgan fingerprint density at radius 2 is 1.70 bits per heavy atom. The van der Waals surface area contributed by atoms with Crippen LogP contribution in [0.1, 0.15) is 17.4 Å². The van der Waals surface area contributed by atoms with Gasteiger partial charge < -0.3 is 18.9 Å². The lowest BCUT2D eigenvalue weighted by molar-refractivity contribution is -0.311. The van der Waals surface area contributed by atoms with E-state index in [0.717, 1.165) is 11.1 Å². The van der Waals surface area contributed by atoms with E-state index in [4.69, 9.17) is 23.1 Å². The van der Waals surface area contributed by atoms with Crippen molar-refractivity contribution >= 4 is 15.9 Å². The van der Waals surface area contributed by atoms with Gasteiger partial charge in [-0.25, -0.2) is 4.18 Å². The number of methoxy groups -OCH3 is 1. The summed E-state index contributed by atoms with van der Waals surface area (Å²) in [4.78, 5) is 13.1. The number of Topliss-reactive ketones (excluding diaryl/α,β-unsaturated/α-hetero) is 1. The summed E-state index contributed by atoms with van der Waals surface area (Å²) in [5.41, 5.74) is 1.63. The highest BCUT2D eigenvalue weighted by atomic mass is 32.2. The lowest BCUT2D eigenvalue weighted by Gasteiger charge is -2.42. The lowest BCUT2D eigenvalue weighted by Crippen LogP contribution is -2.60. The number of carbonyl (C=O) groups excluding carboxylic acids is 1. The van der Waals surface area contributed by atoms with E-state index in [-0.39, 0.29) is 11.5 Å². The number of fused-ring (bicyclic) bond motifs is 1. The van der Waals surface area contributed by atoms with E-state index in [0.29, 0.717) is 0 Å². The van der Waals surface area contributed by atoms with Crippen LogP contribution in [0, 0.1) is 6.92 Å². The summed E-state index contributed by atoms with van der Waals surface area (Å²) >= 11 is 0. The van der Waals surface area contributed by atoms with Crippen molar-refractivity contribution in [1.82, 2.24) is 0 Å². The van der Waals surface area contributed by atoms with Crippen LogP contribution < -0.4 is 0 Å². The SMILES string of the molecule is CO[C@H]1O[C@@H]2COC(c3ccccc3)O[C@H]2C(=O)[C@H]1OS(=O)(=O)c1ccc(C)cc1. The van der Waals surface area contributed by atoms with E-state index in [1.807, 2.05) is 37.3 Å². The molecule has 9 heteroatoms. The molecule has 2 fully saturated rings. The highest BCUT2D eigenvalue weighted by molar-refractivity contribution is 7.86. The summed E-state index contributed by atoms with van der Waals surface area (Å²) in [5.74, 6) is -0.571. The van der Waals surface area contributed by atoms with Crippen molar-refractivity contribution in [2.75, 3.05) is 13.7 Å². The van der Waals surface area contributed by atoms with Crippen molar-refractivity contribution in [3.05, 3.63) is 65.7 Å². The largest absolute Gasteiger partial charge is 0.353 e. The maximum Gasteiger partial charge on any atom is 0.297 e. The molecule has 4 rings (SSSR count). The molecule has 30 heavy (non-hydrogen) atoms.